The van der Waals surface area contributed by atoms with Crippen molar-refractivity contribution in [3.8, 4) is 0 Å². The fourth-order valence-corrected chi connectivity index (χ4v) is 4.23. The van der Waals surface area contributed by atoms with Gasteiger partial charge in [0.05, 0.1) is 11.5 Å². The zero-order chi connectivity index (χ0) is 17.7. The molecule has 0 bridgehead atoms. The van der Waals surface area contributed by atoms with E-state index in [-0.39, 0.29) is 12.5 Å². The van der Waals surface area contributed by atoms with Crippen LogP contribution in [0.5, 0.6) is 0 Å². The van der Waals surface area contributed by atoms with Crippen molar-refractivity contribution in [1.82, 2.24) is 9.80 Å². The molecular formula is C14H20N2O5S3. The van der Waals surface area contributed by atoms with E-state index >= 15 is 0 Å². The van der Waals surface area contributed by atoms with E-state index in [1.54, 1.807) is 11.0 Å². The molecule has 2 heterocycles. The summed E-state index contributed by atoms with van der Waals surface area (Å²) >= 11 is 6.49. The number of carbonyl (C=O) groups excluding carboxylic acids is 1. The molecule has 0 unspecified atom stereocenters. The fourth-order valence-electron chi connectivity index (χ4n) is 2.58. The van der Waals surface area contributed by atoms with Gasteiger partial charge in [0, 0.05) is 25.3 Å². The third-order valence-electron chi connectivity index (χ3n) is 3.69. The summed E-state index contributed by atoms with van der Waals surface area (Å²) in [7, 11) is -4.37. The average molecular weight is 393 g/mol. The van der Waals surface area contributed by atoms with E-state index in [4.69, 9.17) is 16.8 Å². The van der Waals surface area contributed by atoms with Crippen LogP contribution in [-0.2, 0) is 19.4 Å². The van der Waals surface area contributed by atoms with E-state index in [1.807, 2.05) is 13.0 Å². The maximum atomic E-state index is 12.1. The number of allylic oxidation sites excluding steroid dienone is 3. The van der Waals surface area contributed by atoms with Gasteiger partial charge in [0.15, 0.2) is 0 Å². The molecule has 0 saturated carbocycles. The molecule has 0 atom stereocenters. The van der Waals surface area contributed by atoms with Gasteiger partial charge in [-0.25, -0.2) is 4.18 Å². The van der Waals surface area contributed by atoms with Crippen molar-refractivity contribution in [2.45, 2.75) is 26.2 Å². The molecule has 24 heavy (non-hydrogen) atoms. The summed E-state index contributed by atoms with van der Waals surface area (Å²) in [5.74, 6) is -0.0598. The molecule has 1 amide bonds. The number of nitrogens with zero attached hydrogens (tertiary/aromatic N) is 2. The van der Waals surface area contributed by atoms with E-state index in [2.05, 4.69) is 9.08 Å². The molecule has 10 heteroatoms. The zero-order valence-electron chi connectivity index (χ0n) is 13.3. The van der Waals surface area contributed by atoms with Crippen LogP contribution in [0.4, 0.5) is 0 Å². The minimum Gasteiger partial charge on any atom is -0.375 e. The summed E-state index contributed by atoms with van der Waals surface area (Å²) in [4.78, 5) is 16.5. The van der Waals surface area contributed by atoms with Crippen LogP contribution in [0.15, 0.2) is 22.8 Å². The number of carbonyl (C=O) groups is 1. The molecule has 0 aliphatic carbocycles. The molecule has 2 saturated heterocycles. The number of thiocarbonyl (C=S) groups is 1. The predicted octanol–water partition coefficient (Wildman–Crippen LogP) is 1.94. The highest BCUT2D eigenvalue weighted by Crippen LogP contribution is 2.31. The second-order valence-electron chi connectivity index (χ2n) is 5.30. The molecule has 0 aromatic heterocycles. The average Bonchev–Trinajstić information content (AvgIpc) is 3.05. The molecule has 0 radical (unpaired) electrons. The van der Waals surface area contributed by atoms with Gasteiger partial charge in [-0.1, -0.05) is 24.0 Å². The van der Waals surface area contributed by atoms with Crippen molar-refractivity contribution in [2.75, 3.05) is 26.2 Å². The lowest BCUT2D eigenvalue weighted by molar-refractivity contribution is -0.122. The highest BCUT2D eigenvalue weighted by atomic mass is 32.3. The van der Waals surface area contributed by atoms with Crippen LogP contribution in [-0.4, -0.2) is 59.2 Å². The molecule has 0 aromatic rings. The van der Waals surface area contributed by atoms with Gasteiger partial charge in [-0.3, -0.25) is 14.2 Å². The van der Waals surface area contributed by atoms with Gasteiger partial charge in [-0.2, -0.15) is 8.42 Å². The van der Waals surface area contributed by atoms with Gasteiger partial charge in [-0.15, -0.1) is 0 Å². The minimum atomic E-state index is -4.37. The van der Waals surface area contributed by atoms with Crippen LogP contribution in [0.3, 0.4) is 0 Å². The van der Waals surface area contributed by atoms with Crippen LogP contribution in [0.25, 0.3) is 0 Å². The third kappa shape index (κ3) is 5.28. The van der Waals surface area contributed by atoms with Crippen LogP contribution >= 0.6 is 24.0 Å². The number of thioether (sulfide) groups is 1. The largest absolute Gasteiger partial charge is 0.397 e. The maximum absolute atomic E-state index is 12.1. The lowest BCUT2D eigenvalue weighted by atomic mass is 10.2. The van der Waals surface area contributed by atoms with Gasteiger partial charge >= 0.3 is 10.4 Å². The molecule has 2 rings (SSSR count). The summed E-state index contributed by atoms with van der Waals surface area (Å²) < 4.78 is 34.4. The first-order chi connectivity index (χ1) is 11.3. The molecule has 7 nitrogen and oxygen atoms in total. The molecule has 2 fully saturated rings. The minimum absolute atomic E-state index is 0.0578. The predicted molar refractivity (Wildman–Crippen MR) is 96.7 cm³/mol. The monoisotopic (exact) mass is 392 g/mol. The van der Waals surface area contributed by atoms with Crippen molar-refractivity contribution in [3.05, 3.63) is 22.8 Å². The normalized spacial score (nSPS) is 22.4. The molecule has 2 aliphatic rings. The van der Waals surface area contributed by atoms with Crippen molar-refractivity contribution >= 4 is 44.6 Å². The summed E-state index contributed by atoms with van der Waals surface area (Å²) in [5, 5.41) is 0. The van der Waals surface area contributed by atoms with Crippen LogP contribution in [0.2, 0.25) is 0 Å². The first kappa shape index (κ1) is 19.4. The Kier molecular flexibility index (Phi) is 6.81. The Bertz CT molecular complexity index is 672. The van der Waals surface area contributed by atoms with Gasteiger partial charge in [-0.05, 0) is 38.3 Å². The quantitative estimate of drug-likeness (QED) is 0.304. The number of amides is 1. The number of likely N-dealkylation sites (tertiary alicyclic amines) is 1. The van der Waals surface area contributed by atoms with Gasteiger partial charge in [0.2, 0.25) is 0 Å². The second kappa shape index (κ2) is 8.43. The van der Waals surface area contributed by atoms with Gasteiger partial charge in [0.1, 0.15) is 4.32 Å². The maximum Gasteiger partial charge on any atom is 0.397 e. The lowest BCUT2D eigenvalue weighted by Crippen LogP contribution is -2.27. The molecule has 2 aliphatic heterocycles. The Morgan fingerprint density at radius 1 is 1.42 bits per heavy atom. The SMILES string of the molecule is CCN1C(=O)/C(=C/C=C2/CCCN2CCCOS(=O)(=O)O)SC1=S. The van der Waals surface area contributed by atoms with E-state index in [0.717, 1.165) is 25.1 Å². The Balaban J connectivity index is 1.93. The summed E-state index contributed by atoms with van der Waals surface area (Å²) in [6, 6.07) is 0. The smallest absolute Gasteiger partial charge is 0.375 e. The molecule has 134 valence electrons. The summed E-state index contributed by atoms with van der Waals surface area (Å²) in [5.41, 5.74) is 1.10. The lowest BCUT2D eigenvalue weighted by Gasteiger charge is -2.19. The highest BCUT2D eigenvalue weighted by Gasteiger charge is 2.30. The van der Waals surface area contributed by atoms with Crippen molar-refractivity contribution < 1.29 is 21.9 Å². The first-order valence-corrected chi connectivity index (χ1v) is 10.2. The van der Waals surface area contributed by atoms with E-state index in [1.165, 1.54) is 11.8 Å². The number of hydrogen-bond acceptors (Lipinski definition) is 7. The Labute approximate surface area is 151 Å². The number of likely N-dealkylation sites (N-methyl/N-ethyl adjacent to an activating group) is 1. The zero-order valence-corrected chi connectivity index (χ0v) is 15.8. The van der Waals surface area contributed by atoms with E-state index < -0.39 is 10.4 Å². The van der Waals surface area contributed by atoms with Crippen LogP contribution < -0.4 is 0 Å². The number of rotatable bonds is 7. The molecule has 0 aromatic carbocycles. The van der Waals surface area contributed by atoms with Gasteiger partial charge < -0.3 is 4.90 Å². The van der Waals surface area contributed by atoms with E-state index in [0.29, 0.717) is 28.7 Å². The van der Waals surface area contributed by atoms with Crippen LogP contribution in [0.1, 0.15) is 26.2 Å². The van der Waals surface area contributed by atoms with Crippen molar-refractivity contribution in [2.24, 2.45) is 0 Å². The van der Waals surface area contributed by atoms with Gasteiger partial charge in [0.25, 0.3) is 5.91 Å². The van der Waals surface area contributed by atoms with E-state index in [9.17, 15) is 13.2 Å². The Hall–Kier alpha value is -0.940. The Morgan fingerprint density at radius 3 is 2.79 bits per heavy atom. The summed E-state index contributed by atoms with van der Waals surface area (Å²) in [6.45, 7) is 3.91. The third-order valence-corrected chi connectivity index (χ3v) is 5.55. The fraction of sp³-hybridized carbons (Fsp3) is 0.571. The molecular weight excluding hydrogens is 372 g/mol. The van der Waals surface area contributed by atoms with Crippen molar-refractivity contribution in [1.29, 1.82) is 0 Å². The van der Waals surface area contributed by atoms with Crippen LogP contribution in [0, 0.1) is 0 Å². The molecule has 1 N–H and O–H groups in total. The number of hydrogen-bond donors (Lipinski definition) is 1. The van der Waals surface area contributed by atoms with Crippen molar-refractivity contribution in [3.63, 3.8) is 0 Å². The summed E-state index contributed by atoms with van der Waals surface area (Å²) in [6.07, 6.45) is 6.13. The second-order valence-corrected chi connectivity index (χ2v) is 8.07. The Morgan fingerprint density at radius 2 is 2.17 bits per heavy atom. The standard InChI is InChI=1S/C14H20N2O5S3/c1-2-16-13(17)12(23-14(16)22)7-6-11-5-3-8-15(11)9-4-10-21-24(18,19)20/h6-7H,2-5,8-10H2,1H3,(H,18,19,20)/b11-6-,12-7-. The topological polar surface area (TPSA) is 87.2 Å². The first-order valence-electron chi connectivity index (χ1n) is 7.63. The highest BCUT2D eigenvalue weighted by molar-refractivity contribution is 8.26. The molecule has 0 spiro atoms.